The molecule has 0 bridgehead atoms. The molecular formula is C19H18N2O4. The molecule has 1 amide bonds. The predicted octanol–water partition coefficient (Wildman–Crippen LogP) is 3.92. The molecule has 1 N–H and O–H groups in total. The van der Waals surface area contributed by atoms with Crippen LogP contribution in [0, 0.1) is 6.92 Å². The number of furan rings is 1. The van der Waals surface area contributed by atoms with E-state index in [-0.39, 0.29) is 5.91 Å². The van der Waals surface area contributed by atoms with Gasteiger partial charge in [-0.25, -0.2) is 0 Å². The van der Waals surface area contributed by atoms with E-state index < -0.39 is 5.41 Å². The Morgan fingerprint density at radius 2 is 2.08 bits per heavy atom. The molecule has 2 aromatic heterocycles. The first-order chi connectivity index (χ1) is 12.1. The molecule has 1 saturated carbocycles. The third-order valence-electron chi connectivity index (χ3n) is 4.55. The molecule has 3 aromatic rings. The lowest BCUT2D eigenvalue weighted by Gasteiger charge is -2.15. The maximum Gasteiger partial charge on any atom is 0.236 e. The molecule has 1 aliphatic rings. The van der Waals surface area contributed by atoms with E-state index in [1.54, 1.807) is 31.6 Å². The lowest BCUT2D eigenvalue weighted by Crippen LogP contribution is -2.28. The fraction of sp³-hybridized carbons (Fsp3) is 0.263. The summed E-state index contributed by atoms with van der Waals surface area (Å²) in [5, 5.41) is 7.08. The zero-order valence-electron chi connectivity index (χ0n) is 14.0. The Bertz CT molecular complexity index is 907. The zero-order chi connectivity index (χ0) is 17.4. The van der Waals surface area contributed by atoms with Crippen LogP contribution in [0.4, 0.5) is 5.69 Å². The minimum Gasteiger partial charge on any atom is -0.495 e. The molecule has 0 spiro atoms. The second kappa shape index (κ2) is 5.81. The van der Waals surface area contributed by atoms with Crippen molar-refractivity contribution >= 4 is 11.6 Å². The highest BCUT2D eigenvalue weighted by Gasteiger charge is 2.54. The van der Waals surface area contributed by atoms with Gasteiger partial charge in [0.1, 0.15) is 5.75 Å². The molecule has 1 fully saturated rings. The molecule has 128 valence electrons. The van der Waals surface area contributed by atoms with Crippen LogP contribution in [-0.4, -0.2) is 18.2 Å². The second-order valence-electron chi connectivity index (χ2n) is 6.29. The van der Waals surface area contributed by atoms with E-state index in [0.29, 0.717) is 28.7 Å². The standard InChI is InChI=1S/C19H18N2O4/c1-12-5-6-14(23-2)13(10-12)20-18(22)19(7-8-19)17-11-16(25-21-17)15-4-3-9-24-15/h3-6,9-11H,7-8H2,1-2H3,(H,20,22). The average molecular weight is 338 g/mol. The molecule has 0 atom stereocenters. The van der Waals surface area contributed by atoms with Gasteiger partial charge in [0, 0.05) is 6.07 Å². The average Bonchev–Trinajstić information content (AvgIpc) is 3.02. The molecular weight excluding hydrogens is 320 g/mol. The van der Waals surface area contributed by atoms with Crippen LogP contribution >= 0.6 is 0 Å². The monoisotopic (exact) mass is 338 g/mol. The number of hydrogen-bond donors (Lipinski definition) is 1. The van der Waals surface area contributed by atoms with Crippen molar-refractivity contribution in [3.8, 4) is 17.3 Å². The molecule has 4 rings (SSSR count). The summed E-state index contributed by atoms with van der Waals surface area (Å²) in [5.41, 5.74) is 1.68. The Labute approximate surface area is 144 Å². The predicted molar refractivity (Wildman–Crippen MR) is 91.5 cm³/mol. The Morgan fingerprint density at radius 1 is 1.24 bits per heavy atom. The summed E-state index contributed by atoms with van der Waals surface area (Å²) in [4.78, 5) is 12.9. The number of hydrogen-bond acceptors (Lipinski definition) is 5. The van der Waals surface area contributed by atoms with Crippen LogP contribution in [0.2, 0.25) is 0 Å². The van der Waals surface area contributed by atoms with Crippen molar-refractivity contribution in [2.75, 3.05) is 12.4 Å². The van der Waals surface area contributed by atoms with Crippen LogP contribution in [0.5, 0.6) is 5.75 Å². The quantitative estimate of drug-likeness (QED) is 0.763. The zero-order valence-corrected chi connectivity index (χ0v) is 14.0. The van der Waals surface area contributed by atoms with Gasteiger partial charge in [-0.05, 0) is 49.6 Å². The Morgan fingerprint density at radius 3 is 2.76 bits per heavy atom. The van der Waals surface area contributed by atoms with Gasteiger partial charge in [0.2, 0.25) is 11.7 Å². The van der Waals surface area contributed by atoms with Gasteiger partial charge in [0.15, 0.2) is 5.76 Å². The third kappa shape index (κ3) is 2.69. The number of nitrogens with zero attached hydrogens (tertiary/aromatic N) is 1. The van der Waals surface area contributed by atoms with Gasteiger partial charge in [0.05, 0.1) is 30.2 Å². The lowest BCUT2D eigenvalue weighted by atomic mass is 10.0. The van der Waals surface area contributed by atoms with Crippen LogP contribution in [0.15, 0.2) is 51.6 Å². The van der Waals surface area contributed by atoms with E-state index in [1.165, 1.54) is 0 Å². The molecule has 1 aliphatic carbocycles. The lowest BCUT2D eigenvalue weighted by molar-refractivity contribution is -0.118. The Balaban J connectivity index is 1.59. The first kappa shape index (κ1) is 15.5. The smallest absolute Gasteiger partial charge is 0.236 e. The summed E-state index contributed by atoms with van der Waals surface area (Å²) in [6, 6.07) is 11.0. The van der Waals surface area contributed by atoms with Crippen molar-refractivity contribution in [3.63, 3.8) is 0 Å². The van der Waals surface area contributed by atoms with E-state index in [9.17, 15) is 4.79 Å². The number of carbonyl (C=O) groups is 1. The third-order valence-corrected chi connectivity index (χ3v) is 4.55. The number of ether oxygens (including phenoxy) is 1. The summed E-state index contributed by atoms with van der Waals surface area (Å²) in [6.07, 6.45) is 3.04. The number of anilines is 1. The van der Waals surface area contributed by atoms with Crippen molar-refractivity contribution < 1.29 is 18.5 Å². The second-order valence-corrected chi connectivity index (χ2v) is 6.29. The topological polar surface area (TPSA) is 77.5 Å². The molecule has 6 heteroatoms. The number of methoxy groups -OCH3 is 1. The van der Waals surface area contributed by atoms with Crippen molar-refractivity contribution in [3.05, 3.63) is 53.9 Å². The van der Waals surface area contributed by atoms with Crippen LogP contribution in [0.3, 0.4) is 0 Å². The highest BCUT2D eigenvalue weighted by atomic mass is 16.5. The van der Waals surface area contributed by atoms with Gasteiger partial charge in [-0.2, -0.15) is 0 Å². The summed E-state index contributed by atoms with van der Waals surface area (Å²) in [7, 11) is 1.58. The fourth-order valence-corrected chi connectivity index (χ4v) is 2.92. The van der Waals surface area contributed by atoms with E-state index >= 15 is 0 Å². The van der Waals surface area contributed by atoms with E-state index in [1.807, 2.05) is 25.1 Å². The van der Waals surface area contributed by atoms with Gasteiger partial charge >= 0.3 is 0 Å². The maximum atomic E-state index is 12.9. The number of aryl methyl sites for hydroxylation is 1. The van der Waals surface area contributed by atoms with Gasteiger partial charge < -0.3 is 19.0 Å². The molecule has 0 radical (unpaired) electrons. The highest BCUT2D eigenvalue weighted by Crippen LogP contribution is 2.49. The molecule has 0 unspecified atom stereocenters. The van der Waals surface area contributed by atoms with Gasteiger partial charge in [-0.3, -0.25) is 4.79 Å². The number of carbonyl (C=O) groups excluding carboxylic acids is 1. The Kier molecular flexibility index (Phi) is 3.60. The van der Waals surface area contributed by atoms with Crippen LogP contribution in [-0.2, 0) is 10.2 Å². The molecule has 2 heterocycles. The molecule has 0 saturated heterocycles. The van der Waals surface area contributed by atoms with E-state index in [2.05, 4.69) is 10.5 Å². The molecule has 0 aliphatic heterocycles. The van der Waals surface area contributed by atoms with Crippen molar-refractivity contribution in [1.82, 2.24) is 5.16 Å². The largest absolute Gasteiger partial charge is 0.495 e. The number of aromatic nitrogens is 1. The van der Waals surface area contributed by atoms with Gasteiger partial charge in [-0.15, -0.1) is 0 Å². The van der Waals surface area contributed by atoms with Gasteiger partial charge in [-0.1, -0.05) is 11.2 Å². The van der Waals surface area contributed by atoms with Crippen LogP contribution in [0.1, 0.15) is 24.1 Å². The Hall–Kier alpha value is -3.02. The normalized spacial score (nSPS) is 15.0. The molecule has 6 nitrogen and oxygen atoms in total. The van der Waals surface area contributed by atoms with Crippen molar-refractivity contribution in [2.45, 2.75) is 25.2 Å². The summed E-state index contributed by atoms with van der Waals surface area (Å²) in [6.45, 7) is 1.97. The minimum atomic E-state index is -0.650. The van der Waals surface area contributed by atoms with Crippen molar-refractivity contribution in [2.24, 2.45) is 0 Å². The maximum absolute atomic E-state index is 12.9. The van der Waals surface area contributed by atoms with E-state index in [4.69, 9.17) is 13.7 Å². The number of benzene rings is 1. The van der Waals surface area contributed by atoms with Crippen molar-refractivity contribution in [1.29, 1.82) is 0 Å². The van der Waals surface area contributed by atoms with Gasteiger partial charge in [0.25, 0.3) is 0 Å². The van der Waals surface area contributed by atoms with Crippen LogP contribution < -0.4 is 10.1 Å². The fourth-order valence-electron chi connectivity index (χ4n) is 2.92. The first-order valence-electron chi connectivity index (χ1n) is 8.09. The highest BCUT2D eigenvalue weighted by molar-refractivity contribution is 6.02. The summed E-state index contributed by atoms with van der Waals surface area (Å²) < 4.78 is 16.0. The number of nitrogens with one attached hydrogen (secondary N) is 1. The summed E-state index contributed by atoms with van der Waals surface area (Å²) in [5.74, 6) is 1.64. The first-order valence-corrected chi connectivity index (χ1v) is 8.09. The number of rotatable bonds is 5. The molecule has 25 heavy (non-hydrogen) atoms. The molecule has 1 aromatic carbocycles. The number of amides is 1. The van der Waals surface area contributed by atoms with Crippen LogP contribution in [0.25, 0.3) is 11.5 Å². The minimum absolute atomic E-state index is 0.101. The SMILES string of the molecule is COc1ccc(C)cc1NC(=O)C1(c2cc(-c3ccco3)on2)CC1. The summed E-state index contributed by atoms with van der Waals surface area (Å²) >= 11 is 0. The van der Waals surface area contributed by atoms with E-state index in [0.717, 1.165) is 18.4 Å².